The molecule has 0 bridgehead atoms. The average Bonchev–Trinajstić information content (AvgIpc) is 2.73. The highest BCUT2D eigenvalue weighted by molar-refractivity contribution is 5.94. The molecule has 1 N–H and O–H groups in total. The van der Waals surface area contributed by atoms with Crippen molar-refractivity contribution in [1.29, 1.82) is 0 Å². The minimum Gasteiger partial charge on any atom is -0.508 e. The van der Waals surface area contributed by atoms with Gasteiger partial charge < -0.3 is 14.7 Å². The number of hydrogen-bond donors (Lipinski definition) is 1. The lowest BCUT2D eigenvalue weighted by Gasteiger charge is -2.36. The zero-order valence-electron chi connectivity index (χ0n) is 17.5. The molecule has 0 saturated carbocycles. The molecular weight excluding hydrogens is 364 g/mol. The fourth-order valence-electron chi connectivity index (χ4n) is 3.62. The molecule has 29 heavy (non-hydrogen) atoms. The largest absolute Gasteiger partial charge is 0.508 e. The Kier molecular flexibility index (Phi) is 7.67. The molecule has 1 amide bonds. The van der Waals surface area contributed by atoms with Crippen LogP contribution < -0.4 is 0 Å². The Labute approximate surface area is 173 Å². The lowest BCUT2D eigenvalue weighted by molar-refractivity contribution is -0.0434. The van der Waals surface area contributed by atoms with Crippen molar-refractivity contribution in [2.45, 2.75) is 32.9 Å². The molecule has 0 unspecified atom stereocenters. The number of para-hydroxylation sites is 1. The minimum absolute atomic E-state index is 0.0329. The molecule has 3 rings (SSSR count). The van der Waals surface area contributed by atoms with Crippen molar-refractivity contribution in [1.82, 2.24) is 9.80 Å². The van der Waals surface area contributed by atoms with Crippen LogP contribution in [0.3, 0.4) is 0 Å². The summed E-state index contributed by atoms with van der Waals surface area (Å²) in [4.78, 5) is 17.3. The van der Waals surface area contributed by atoms with Crippen molar-refractivity contribution >= 4 is 5.91 Å². The normalized spacial score (nSPS) is 17.4. The van der Waals surface area contributed by atoms with Gasteiger partial charge in [0.2, 0.25) is 0 Å². The first-order valence-electron chi connectivity index (χ1n) is 10.5. The van der Waals surface area contributed by atoms with Gasteiger partial charge in [0.15, 0.2) is 0 Å². The highest BCUT2D eigenvalue weighted by Crippen LogP contribution is 2.20. The molecule has 2 aromatic carbocycles. The molecule has 156 valence electrons. The maximum absolute atomic E-state index is 13.1. The lowest BCUT2D eigenvalue weighted by atomic mass is 10.1. The lowest BCUT2D eigenvalue weighted by Crippen LogP contribution is -2.48. The van der Waals surface area contributed by atoms with E-state index in [9.17, 15) is 9.90 Å². The van der Waals surface area contributed by atoms with Crippen LogP contribution in [0.25, 0.3) is 0 Å². The molecule has 0 spiro atoms. The van der Waals surface area contributed by atoms with E-state index in [4.69, 9.17) is 4.74 Å². The Morgan fingerprint density at radius 3 is 2.62 bits per heavy atom. The van der Waals surface area contributed by atoms with Gasteiger partial charge in [-0.05, 0) is 30.5 Å². The van der Waals surface area contributed by atoms with Crippen LogP contribution in [0.4, 0.5) is 0 Å². The molecule has 1 saturated heterocycles. The van der Waals surface area contributed by atoms with E-state index in [1.54, 1.807) is 6.07 Å². The summed E-state index contributed by atoms with van der Waals surface area (Å²) in [5.41, 5.74) is 1.64. The Hall–Kier alpha value is -2.37. The average molecular weight is 397 g/mol. The molecule has 0 aromatic heterocycles. The van der Waals surface area contributed by atoms with Gasteiger partial charge in [0.1, 0.15) is 5.75 Å². The van der Waals surface area contributed by atoms with Crippen LogP contribution in [-0.2, 0) is 11.3 Å². The summed E-state index contributed by atoms with van der Waals surface area (Å²) in [5, 5.41) is 10.1. The number of hydrogen-bond acceptors (Lipinski definition) is 4. The Balaban J connectivity index is 1.64. The van der Waals surface area contributed by atoms with Crippen LogP contribution in [-0.4, -0.2) is 59.7 Å². The number of carbonyl (C=O) groups excluding carboxylic acids is 1. The highest BCUT2D eigenvalue weighted by atomic mass is 16.5. The summed E-state index contributed by atoms with van der Waals surface area (Å²) in [5.74, 6) is 0.923. The van der Waals surface area contributed by atoms with Crippen LogP contribution in [0.1, 0.15) is 36.2 Å². The number of aromatic hydroxyl groups is 1. The fraction of sp³-hybridized carbons (Fsp3) is 0.458. The standard InChI is InChI=1S/C24H32N2O3/c1-19(2)12-13-26(24(28)20-8-4-3-5-9-20)18-22-17-25(14-15-29-22)16-21-10-6-7-11-23(21)27/h3-11,19,22,27H,12-18H2,1-2H3/t22-/m0/s1. The van der Waals surface area contributed by atoms with Crippen LogP contribution in [0, 0.1) is 5.92 Å². The number of amides is 1. The summed E-state index contributed by atoms with van der Waals surface area (Å²) in [6.07, 6.45) is 0.932. The Morgan fingerprint density at radius 2 is 1.90 bits per heavy atom. The number of carbonyl (C=O) groups is 1. The maximum Gasteiger partial charge on any atom is 0.253 e. The number of ether oxygens (including phenoxy) is 1. The van der Waals surface area contributed by atoms with Crippen molar-refractivity contribution in [2.75, 3.05) is 32.8 Å². The first-order valence-corrected chi connectivity index (χ1v) is 10.5. The van der Waals surface area contributed by atoms with E-state index in [-0.39, 0.29) is 12.0 Å². The first-order chi connectivity index (χ1) is 14.0. The molecule has 1 fully saturated rings. The number of nitrogens with zero attached hydrogens (tertiary/aromatic N) is 2. The van der Waals surface area contributed by atoms with Crippen LogP contribution >= 0.6 is 0 Å². The first kappa shape index (κ1) is 21.3. The minimum atomic E-state index is -0.0329. The SMILES string of the molecule is CC(C)CCN(C[C@@H]1CN(Cc2ccccc2O)CCO1)C(=O)c1ccccc1. The zero-order chi connectivity index (χ0) is 20.6. The van der Waals surface area contributed by atoms with Crippen molar-refractivity contribution < 1.29 is 14.6 Å². The van der Waals surface area contributed by atoms with Gasteiger partial charge in [-0.3, -0.25) is 9.69 Å². The van der Waals surface area contributed by atoms with E-state index >= 15 is 0 Å². The second kappa shape index (κ2) is 10.4. The predicted molar refractivity (Wildman–Crippen MR) is 115 cm³/mol. The number of morpholine rings is 1. The number of phenols is 1. The summed E-state index contributed by atoms with van der Waals surface area (Å²) >= 11 is 0. The summed E-state index contributed by atoms with van der Waals surface area (Å²) in [6.45, 7) is 8.55. The van der Waals surface area contributed by atoms with Crippen molar-refractivity contribution in [3.63, 3.8) is 0 Å². The second-order valence-electron chi connectivity index (χ2n) is 8.16. The molecule has 1 atom stereocenters. The Morgan fingerprint density at radius 1 is 1.17 bits per heavy atom. The summed E-state index contributed by atoms with van der Waals surface area (Å²) < 4.78 is 6.00. The molecule has 0 radical (unpaired) electrons. The third-order valence-corrected chi connectivity index (χ3v) is 5.32. The fourth-order valence-corrected chi connectivity index (χ4v) is 3.62. The van der Waals surface area contributed by atoms with E-state index in [1.165, 1.54) is 0 Å². The molecule has 1 aliphatic heterocycles. The highest BCUT2D eigenvalue weighted by Gasteiger charge is 2.26. The van der Waals surface area contributed by atoms with Gasteiger partial charge in [-0.1, -0.05) is 50.2 Å². The number of benzene rings is 2. The van der Waals surface area contributed by atoms with Crippen LogP contribution in [0.5, 0.6) is 5.75 Å². The van der Waals surface area contributed by atoms with Gasteiger partial charge in [0.05, 0.1) is 12.7 Å². The van der Waals surface area contributed by atoms with Crippen molar-refractivity contribution in [3.8, 4) is 5.75 Å². The van der Waals surface area contributed by atoms with Gasteiger partial charge in [0, 0.05) is 43.9 Å². The molecule has 5 heteroatoms. The summed E-state index contributed by atoms with van der Waals surface area (Å²) in [7, 11) is 0. The van der Waals surface area contributed by atoms with E-state index in [2.05, 4.69) is 18.7 Å². The quantitative estimate of drug-likeness (QED) is 0.738. The second-order valence-corrected chi connectivity index (χ2v) is 8.16. The topological polar surface area (TPSA) is 53.0 Å². The zero-order valence-corrected chi connectivity index (χ0v) is 17.5. The third kappa shape index (κ3) is 6.31. The van der Waals surface area contributed by atoms with Gasteiger partial charge in [0.25, 0.3) is 5.91 Å². The van der Waals surface area contributed by atoms with Crippen molar-refractivity contribution in [3.05, 3.63) is 65.7 Å². The van der Waals surface area contributed by atoms with E-state index in [1.807, 2.05) is 53.4 Å². The van der Waals surface area contributed by atoms with E-state index in [0.29, 0.717) is 31.4 Å². The Bertz CT molecular complexity index is 779. The van der Waals surface area contributed by atoms with Gasteiger partial charge >= 0.3 is 0 Å². The molecule has 2 aromatic rings. The number of phenolic OH excluding ortho intramolecular Hbond substituents is 1. The van der Waals surface area contributed by atoms with Crippen molar-refractivity contribution in [2.24, 2.45) is 5.92 Å². The number of rotatable bonds is 8. The van der Waals surface area contributed by atoms with Gasteiger partial charge in [-0.15, -0.1) is 0 Å². The van der Waals surface area contributed by atoms with E-state index < -0.39 is 0 Å². The molecule has 5 nitrogen and oxygen atoms in total. The van der Waals surface area contributed by atoms with Gasteiger partial charge in [-0.25, -0.2) is 0 Å². The predicted octanol–water partition coefficient (Wildman–Crippen LogP) is 3.78. The molecule has 1 heterocycles. The molecular formula is C24H32N2O3. The monoisotopic (exact) mass is 396 g/mol. The van der Waals surface area contributed by atoms with Crippen LogP contribution in [0.15, 0.2) is 54.6 Å². The smallest absolute Gasteiger partial charge is 0.253 e. The van der Waals surface area contributed by atoms with Crippen LogP contribution in [0.2, 0.25) is 0 Å². The maximum atomic E-state index is 13.1. The van der Waals surface area contributed by atoms with Gasteiger partial charge in [-0.2, -0.15) is 0 Å². The molecule has 0 aliphatic carbocycles. The summed E-state index contributed by atoms with van der Waals surface area (Å²) in [6, 6.07) is 16.9. The van der Waals surface area contributed by atoms with E-state index in [0.717, 1.165) is 37.2 Å². The molecule has 1 aliphatic rings. The third-order valence-electron chi connectivity index (χ3n) is 5.32.